The molecule has 0 radical (unpaired) electrons. The predicted molar refractivity (Wildman–Crippen MR) is 129 cm³/mol. The number of rotatable bonds is 5. The molecule has 1 unspecified atom stereocenters. The van der Waals surface area contributed by atoms with Gasteiger partial charge in [0.1, 0.15) is 18.5 Å². The maximum Gasteiger partial charge on any atom is 0.408 e. The van der Waals surface area contributed by atoms with Crippen LogP contribution >= 0.6 is 15.9 Å². The van der Waals surface area contributed by atoms with E-state index in [-0.39, 0.29) is 23.5 Å². The Balaban J connectivity index is 1.36. The number of aliphatic carboxylic acids is 1. The number of hydrogen-bond donors (Lipinski definition) is 2. The van der Waals surface area contributed by atoms with Gasteiger partial charge >= 0.3 is 12.1 Å². The van der Waals surface area contributed by atoms with E-state index >= 15 is 0 Å². The molecule has 0 aliphatic heterocycles. The summed E-state index contributed by atoms with van der Waals surface area (Å²) >= 11 is 3.30. The van der Waals surface area contributed by atoms with Crippen molar-refractivity contribution in [1.29, 1.82) is 0 Å². The van der Waals surface area contributed by atoms with Crippen LogP contribution in [0.15, 0.2) is 86.7 Å². The van der Waals surface area contributed by atoms with Crippen LogP contribution in [0, 0.1) is 0 Å². The molecule has 8 heteroatoms. The second-order valence-electron chi connectivity index (χ2n) is 7.90. The van der Waals surface area contributed by atoms with Crippen molar-refractivity contribution < 1.29 is 23.8 Å². The van der Waals surface area contributed by atoms with E-state index < -0.39 is 23.5 Å². The van der Waals surface area contributed by atoms with Gasteiger partial charge in [-0.05, 0) is 40.5 Å². The van der Waals surface area contributed by atoms with Crippen LogP contribution in [0.2, 0.25) is 0 Å². The third kappa shape index (κ3) is 3.86. The summed E-state index contributed by atoms with van der Waals surface area (Å²) in [6, 6.07) is 18.9. The third-order valence-electron chi connectivity index (χ3n) is 5.93. The summed E-state index contributed by atoms with van der Waals surface area (Å²) < 4.78 is 11.6. The summed E-state index contributed by atoms with van der Waals surface area (Å²) in [5.74, 6) is -1.58. The molecule has 0 saturated heterocycles. The average Bonchev–Trinajstić information content (AvgIpc) is 3.15. The lowest BCUT2D eigenvalue weighted by atomic mass is 9.98. The van der Waals surface area contributed by atoms with Crippen molar-refractivity contribution in [3.05, 3.63) is 104 Å². The molecular formula is C26H18BrNO6. The summed E-state index contributed by atoms with van der Waals surface area (Å²) in [5, 5.41) is 12.2. The first-order valence-corrected chi connectivity index (χ1v) is 11.3. The highest BCUT2D eigenvalue weighted by Gasteiger charge is 2.31. The van der Waals surface area contributed by atoms with Gasteiger partial charge in [-0.15, -0.1) is 0 Å². The standard InChI is InChI=1S/C26H18BrNO6/c27-14-9-10-19-22(11-14)33-13-21(24(19)29)23(25(30)31)28-26(32)34-12-20-17-7-3-1-5-15(17)16-6-2-4-8-18(16)20/h1-11,13,20,23H,12H2,(H,28,32)(H,30,31). The Morgan fingerprint density at radius 2 is 1.68 bits per heavy atom. The van der Waals surface area contributed by atoms with E-state index in [1.54, 1.807) is 12.1 Å². The number of amides is 1. The molecule has 1 aromatic heterocycles. The summed E-state index contributed by atoms with van der Waals surface area (Å²) in [7, 11) is 0. The van der Waals surface area contributed by atoms with Crippen LogP contribution in [0.25, 0.3) is 22.1 Å². The Kier molecular flexibility index (Phi) is 5.67. The number of carbonyl (C=O) groups excluding carboxylic acids is 1. The Morgan fingerprint density at radius 1 is 1.03 bits per heavy atom. The molecule has 1 aliphatic rings. The van der Waals surface area contributed by atoms with Crippen LogP contribution in [0.4, 0.5) is 4.79 Å². The van der Waals surface area contributed by atoms with Crippen molar-refractivity contribution in [2.45, 2.75) is 12.0 Å². The van der Waals surface area contributed by atoms with Crippen LogP contribution in [0.5, 0.6) is 0 Å². The molecule has 0 spiro atoms. The lowest BCUT2D eigenvalue weighted by Gasteiger charge is -2.17. The fourth-order valence-electron chi connectivity index (χ4n) is 4.35. The van der Waals surface area contributed by atoms with E-state index in [4.69, 9.17) is 9.15 Å². The SMILES string of the molecule is O=C(NC(C(=O)O)c1coc2cc(Br)ccc2c1=O)OCC1c2ccccc2-c2ccccc21. The molecule has 1 aliphatic carbocycles. The topological polar surface area (TPSA) is 106 Å². The van der Waals surface area contributed by atoms with Crippen LogP contribution in [0.3, 0.4) is 0 Å². The average molecular weight is 520 g/mol. The molecule has 4 aromatic rings. The first kappa shape index (κ1) is 21.9. The van der Waals surface area contributed by atoms with Crippen LogP contribution in [0.1, 0.15) is 28.7 Å². The number of ether oxygens (including phenoxy) is 1. The second-order valence-corrected chi connectivity index (χ2v) is 8.82. The molecule has 7 nitrogen and oxygen atoms in total. The molecule has 0 bridgehead atoms. The molecule has 3 aromatic carbocycles. The molecule has 2 N–H and O–H groups in total. The molecule has 1 amide bonds. The number of carboxylic acids is 1. The first-order valence-electron chi connectivity index (χ1n) is 10.5. The van der Waals surface area contributed by atoms with Crippen molar-refractivity contribution in [1.82, 2.24) is 5.32 Å². The van der Waals surface area contributed by atoms with Crippen LogP contribution < -0.4 is 10.7 Å². The highest BCUT2D eigenvalue weighted by molar-refractivity contribution is 9.10. The highest BCUT2D eigenvalue weighted by Crippen LogP contribution is 2.44. The summed E-state index contributed by atoms with van der Waals surface area (Å²) in [4.78, 5) is 37.4. The number of alkyl carbamates (subject to hydrolysis) is 1. The normalized spacial score (nSPS) is 13.2. The summed E-state index contributed by atoms with van der Waals surface area (Å²) in [5.41, 5.74) is 3.79. The van der Waals surface area contributed by atoms with E-state index in [1.807, 2.05) is 48.5 Å². The molecule has 34 heavy (non-hydrogen) atoms. The minimum atomic E-state index is -1.63. The zero-order valence-electron chi connectivity index (χ0n) is 17.7. The van der Waals surface area contributed by atoms with Gasteiger partial charge in [-0.1, -0.05) is 64.5 Å². The monoisotopic (exact) mass is 519 g/mol. The van der Waals surface area contributed by atoms with Crippen molar-refractivity contribution in [2.24, 2.45) is 0 Å². The van der Waals surface area contributed by atoms with Gasteiger partial charge in [0, 0.05) is 10.4 Å². The number of nitrogens with one attached hydrogen (secondary N) is 1. The predicted octanol–water partition coefficient (Wildman–Crippen LogP) is 5.22. The zero-order valence-corrected chi connectivity index (χ0v) is 19.2. The van der Waals surface area contributed by atoms with E-state index in [1.165, 1.54) is 6.07 Å². The number of hydrogen-bond acceptors (Lipinski definition) is 5. The minimum Gasteiger partial charge on any atom is -0.479 e. The van der Waals surface area contributed by atoms with Gasteiger partial charge in [0.15, 0.2) is 11.5 Å². The van der Waals surface area contributed by atoms with Gasteiger partial charge in [-0.25, -0.2) is 9.59 Å². The molecule has 1 atom stereocenters. The van der Waals surface area contributed by atoms with Gasteiger partial charge in [-0.2, -0.15) is 0 Å². The van der Waals surface area contributed by atoms with Crippen molar-refractivity contribution >= 4 is 39.0 Å². The molecule has 1 heterocycles. The Hall–Kier alpha value is -3.91. The second kappa shape index (κ2) is 8.79. The smallest absolute Gasteiger partial charge is 0.408 e. The Labute approximate surface area is 202 Å². The quantitative estimate of drug-likeness (QED) is 0.374. The summed E-state index contributed by atoms with van der Waals surface area (Å²) in [6.45, 7) is 0.0204. The van der Waals surface area contributed by atoms with E-state index in [0.717, 1.165) is 28.5 Å². The maximum atomic E-state index is 12.9. The fourth-order valence-corrected chi connectivity index (χ4v) is 4.69. The van der Waals surface area contributed by atoms with Gasteiger partial charge in [-0.3, -0.25) is 4.79 Å². The Morgan fingerprint density at radius 3 is 2.32 bits per heavy atom. The molecular weight excluding hydrogens is 502 g/mol. The molecule has 0 saturated carbocycles. The zero-order chi connectivity index (χ0) is 23.8. The lowest BCUT2D eigenvalue weighted by Crippen LogP contribution is -2.37. The van der Waals surface area contributed by atoms with Crippen LogP contribution in [-0.4, -0.2) is 23.8 Å². The van der Waals surface area contributed by atoms with E-state index in [0.29, 0.717) is 10.1 Å². The highest BCUT2D eigenvalue weighted by atomic mass is 79.9. The molecule has 170 valence electrons. The number of halogens is 1. The van der Waals surface area contributed by atoms with Gasteiger partial charge in [0.2, 0.25) is 0 Å². The molecule has 0 fully saturated rings. The maximum absolute atomic E-state index is 12.9. The van der Waals surface area contributed by atoms with E-state index in [9.17, 15) is 19.5 Å². The van der Waals surface area contributed by atoms with Gasteiger partial charge in [0.25, 0.3) is 0 Å². The third-order valence-corrected chi connectivity index (χ3v) is 6.42. The van der Waals surface area contributed by atoms with Gasteiger partial charge < -0.3 is 19.6 Å². The van der Waals surface area contributed by atoms with Crippen molar-refractivity contribution in [2.75, 3.05) is 6.61 Å². The van der Waals surface area contributed by atoms with Gasteiger partial charge in [0.05, 0.1) is 10.9 Å². The number of benzene rings is 3. The van der Waals surface area contributed by atoms with E-state index in [2.05, 4.69) is 21.2 Å². The number of fused-ring (bicyclic) bond motifs is 4. The largest absolute Gasteiger partial charge is 0.479 e. The first-order chi connectivity index (χ1) is 16.4. The lowest BCUT2D eigenvalue weighted by molar-refractivity contribution is -0.139. The summed E-state index contributed by atoms with van der Waals surface area (Å²) in [6.07, 6.45) is 0.115. The van der Waals surface area contributed by atoms with Crippen molar-refractivity contribution in [3.63, 3.8) is 0 Å². The number of carbonyl (C=O) groups is 2. The van der Waals surface area contributed by atoms with Crippen molar-refractivity contribution in [3.8, 4) is 11.1 Å². The minimum absolute atomic E-state index is 0.0204. The molecule has 5 rings (SSSR count). The van der Waals surface area contributed by atoms with Crippen LogP contribution in [-0.2, 0) is 9.53 Å². The number of carboxylic acid groups (broad SMARTS) is 1. The fraction of sp³-hybridized carbons (Fsp3) is 0.115. The Bertz CT molecular complexity index is 1450.